The van der Waals surface area contributed by atoms with Crippen molar-refractivity contribution in [3.8, 4) is 0 Å². The molecule has 0 aromatic heterocycles. The smallest absolute Gasteiger partial charge is 0.317 e. The Balaban J connectivity index is 0.00000256. The van der Waals surface area contributed by atoms with Gasteiger partial charge >= 0.3 is 12.1 Å². The molecule has 4 amide bonds. The molecule has 1 aliphatic heterocycles. The molecule has 6 heteroatoms. The summed E-state index contributed by atoms with van der Waals surface area (Å²) in [5, 5.41) is 9.22. The van der Waals surface area contributed by atoms with Gasteiger partial charge in [0, 0.05) is 19.6 Å². The molecule has 1 aliphatic carbocycles. The lowest BCUT2D eigenvalue weighted by atomic mass is 9.96. The summed E-state index contributed by atoms with van der Waals surface area (Å²) < 4.78 is 0. The number of nitrogens with zero attached hydrogens (tertiary/aromatic N) is 1. The lowest BCUT2D eigenvalue weighted by Crippen LogP contribution is -2.47. The first-order chi connectivity index (χ1) is 14.6. The topological polar surface area (TPSA) is 73.5 Å². The van der Waals surface area contributed by atoms with Crippen molar-refractivity contribution in [1.29, 1.82) is 0 Å². The SMILES string of the molecule is CC(NC(=O)N1CCC(CNC(=O)N[C]2CCCCCCC2)CC1)c1ccccc1.[CH2].[CH2]. The molecule has 1 atom stereocenters. The molecule has 1 heterocycles. The van der Waals surface area contributed by atoms with Crippen LogP contribution in [0.4, 0.5) is 9.59 Å². The predicted octanol–water partition coefficient (Wildman–Crippen LogP) is 5.40. The van der Waals surface area contributed by atoms with E-state index in [2.05, 4.69) is 16.0 Å². The second kappa shape index (κ2) is 14.8. The lowest BCUT2D eigenvalue weighted by Gasteiger charge is -2.33. The third kappa shape index (κ3) is 9.09. The van der Waals surface area contributed by atoms with Crippen LogP contribution in [0.3, 0.4) is 0 Å². The monoisotopic (exact) mass is 441 g/mol. The van der Waals surface area contributed by atoms with Gasteiger partial charge in [-0.15, -0.1) is 0 Å². The molecule has 5 radical (unpaired) electrons. The standard InChI is InChI=1S/C24H37N4O2.2CH2/c1-19(21-10-6-5-7-11-21)26-24(30)28-16-14-20(15-17-28)18-25-23(29)27-22-12-8-3-2-4-9-13-22;;/h5-7,10-11,19-20H,2-4,8-9,12-18H2,1H3,(H,26,30)(H2,25,27,29);2*1H2. The number of piperidine rings is 1. The number of nitrogens with one attached hydrogen (secondary N) is 3. The van der Waals surface area contributed by atoms with E-state index >= 15 is 0 Å². The number of hydrogen-bond donors (Lipinski definition) is 3. The summed E-state index contributed by atoms with van der Waals surface area (Å²) in [6.07, 6.45) is 10.1. The van der Waals surface area contributed by atoms with Crippen molar-refractivity contribution < 1.29 is 9.59 Å². The largest absolute Gasteiger partial charge is 0.338 e. The highest BCUT2D eigenvalue weighted by Gasteiger charge is 2.24. The second-order valence-corrected chi connectivity index (χ2v) is 8.72. The van der Waals surface area contributed by atoms with Crippen LogP contribution >= 0.6 is 0 Å². The summed E-state index contributed by atoms with van der Waals surface area (Å²) in [4.78, 5) is 26.7. The number of hydrogen-bond acceptors (Lipinski definition) is 2. The summed E-state index contributed by atoms with van der Waals surface area (Å²) in [6, 6.07) is 11.1. The Morgan fingerprint density at radius 1 is 0.969 bits per heavy atom. The molecule has 0 bridgehead atoms. The molecule has 0 spiro atoms. The normalized spacial score (nSPS) is 18.7. The van der Waals surface area contributed by atoms with Gasteiger partial charge < -0.3 is 20.9 Å². The maximum absolute atomic E-state index is 12.6. The Hall–Kier alpha value is -2.24. The van der Waals surface area contributed by atoms with Gasteiger partial charge in [-0.25, -0.2) is 9.59 Å². The highest BCUT2D eigenvalue weighted by atomic mass is 16.2. The Labute approximate surface area is 195 Å². The maximum Gasteiger partial charge on any atom is 0.317 e. The fourth-order valence-corrected chi connectivity index (χ4v) is 4.34. The molecular formula is C26H41N4O2. The number of carbonyl (C=O) groups excluding carboxylic acids is 2. The molecule has 32 heavy (non-hydrogen) atoms. The van der Waals surface area contributed by atoms with Crippen LogP contribution in [0.25, 0.3) is 0 Å². The summed E-state index contributed by atoms with van der Waals surface area (Å²) >= 11 is 0. The minimum atomic E-state index is -0.0672. The lowest BCUT2D eigenvalue weighted by molar-refractivity contribution is 0.166. The Morgan fingerprint density at radius 2 is 1.56 bits per heavy atom. The number of rotatable bonds is 5. The highest BCUT2D eigenvalue weighted by molar-refractivity contribution is 5.75. The first-order valence-electron chi connectivity index (χ1n) is 11.6. The van der Waals surface area contributed by atoms with Crippen LogP contribution in [0.2, 0.25) is 0 Å². The van der Waals surface area contributed by atoms with E-state index in [0.717, 1.165) is 44.3 Å². The zero-order chi connectivity index (χ0) is 21.2. The van der Waals surface area contributed by atoms with Crippen LogP contribution in [-0.4, -0.2) is 36.6 Å². The van der Waals surface area contributed by atoms with E-state index < -0.39 is 0 Å². The van der Waals surface area contributed by atoms with Crippen LogP contribution in [0.5, 0.6) is 0 Å². The van der Waals surface area contributed by atoms with E-state index in [1.807, 2.05) is 42.2 Å². The van der Waals surface area contributed by atoms with Gasteiger partial charge in [0.2, 0.25) is 0 Å². The van der Waals surface area contributed by atoms with E-state index in [9.17, 15) is 9.59 Å². The van der Waals surface area contributed by atoms with Gasteiger partial charge in [-0.05, 0) is 44.1 Å². The van der Waals surface area contributed by atoms with E-state index in [1.165, 1.54) is 38.1 Å². The number of carbonyl (C=O) groups is 2. The first kappa shape index (κ1) is 27.8. The number of benzene rings is 1. The quantitative estimate of drug-likeness (QED) is 0.572. The molecule has 1 unspecified atom stereocenters. The van der Waals surface area contributed by atoms with E-state index in [0.29, 0.717) is 12.5 Å². The summed E-state index contributed by atoms with van der Waals surface area (Å²) in [7, 11) is 0. The summed E-state index contributed by atoms with van der Waals surface area (Å²) in [6.45, 7) is 4.16. The van der Waals surface area contributed by atoms with Crippen LogP contribution in [-0.2, 0) is 0 Å². The molecular weight excluding hydrogens is 400 g/mol. The molecule has 1 aromatic rings. The molecule has 3 rings (SSSR count). The van der Waals surface area contributed by atoms with E-state index in [4.69, 9.17) is 0 Å². The van der Waals surface area contributed by atoms with E-state index in [-0.39, 0.29) is 33.0 Å². The molecule has 1 saturated carbocycles. The summed E-state index contributed by atoms with van der Waals surface area (Å²) in [5.74, 6) is 0.425. The van der Waals surface area contributed by atoms with Crippen molar-refractivity contribution >= 4 is 12.1 Å². The van der Waals surface area contributed by atoms with Gasteiger partial charge in [0.1, 0.15) is 0 Å². The molecule has 1 aromatic carbocycles. The van der Waals surface area contributed by atoms with Gasteiger partial charge in [-0.2, -0.15) is 0 Å². The average Bonchev–Trinajstić information content (AvgIpc) is 2.75. The molecule has 1 saturated heterocycles. The van der Waals surface area contributed by atoms with Gasteiger partial charge in [0.25, 0.3) is 0 Å². The van der Waals surface area contributed by atoms with Crippen molar-refractivity contribution in [3.63, 3.8) is 0 Å². The van der Waals surface area contributed by atoms with E-state index in [1.54, 1.807) is 0 Å². The van der Waals surface area contributed by atoms with Crippen molar-refractivity contribution in [2.24, 2.45) is 5.92 Å². The molecule has 2 aliphatic rings. The number of likely N-dealkylation sites (tertiary alicyclic amines) is 1. The number of urea groups is 2. The molecule has 177 valence electrons. The van der Waals surface area contributed by atoms with Crippen molar-refractivity contribution in [2.45, 2.75) is 70.8 Å². The number of amides is 4. The maximum atomic E-state index is 12.6. The van der Waals surface area contributed by atoms with Crippen molar-refractivity contribution in [3.05, 3.63) is 56.8 Å². The van der Waals surface area contributed by atoms with Gasteiger partial charge in [-0.1, -0.05) is 77.3 Å². The average molecular weight is 442 g/mol. The Kier molecular flexibility index (Phi) is 12.8. The van der Waals surface area contributed by atoms with Crippen molar-refractivity contribution in [2.75, 3.05) is 19.6 Å². The van der Waals surface area contributed by atoms with Crippen LogP contribution in [0.1, 0.15) is 76.3 Å². The zero-order valence-electron chi connectivity index (χ0n) is 19.7. The minimum absolute atomic E-state index is 0. The molecule has 6 nitrogen and oxygen atoms in total. The molecule has 3 N–H and O–H groups in total. The second-order valence-electron chi connectivity index (χ2n) is 8.72. The van der Waals surface area contributed by atoms with Gasteiger partial charge in [0.15, 0.2) is 0 Å². The van der Waals surface area contributed by atoms with Crippen molar-refractivity contribution in [1.82, 2.24) is 20.9 Å². The fourth-order valence-electron chi connectivity index (χ4n) is 4.34. The fraction of sp³-hybridized carbons (Fsp3) is 0.577. The Morgan fingerprint density at radius 3 is 2.19 bits per heavy atom. The van der Waals surface area contributed by atoms with Crippen LogP contribution in [0, 0.1) is 26.8 Å². The van der Waals surface area contributed by atoms with Gasteiger partial charge in [0.05, 0.1) is 12.1 Å². The summed E-state index contributed by atoms with van der Waals surface area (Å²) in [5.41, 5.74) is 1.11. The van der Waals surface area contributed by atoms with Crippen LogP contribution in [0.15, 0.2) is 30.3 Å². The third-order valence-corrected chi connectivity index (χ3v) is 6.34. The highest BCUT2D eigenvalue weighted by Crippen LogP contribution is 2.22. The first-order valence-corrected chi connectivity index (χ1v) is 11.6. The minimum Gasteiger partial charge on any atom is -0.338 e. The zero-order valence-corrected chi connectivity index (χ0v) is 19.7. The van der Waals surface area contributed by atoms with Gasteiger partial charge in [-0.3, -0.25) is 0 Å². The predicted molar refractivity (Wildman–Crippen MR) is 130 cm³/mol. The Bertz CT molecular complexity index is 651. The van der Waals surface area contributed by atoms with Crippen LogP contribution < -0.4 is 16.0 Å². The third-order valence-electron chi connectivity index (χ3n) is 6.34. The molecule has 2 fully saturated rings.